The largest absolute Gasteiger partial charge is 0.480 e. The van der Waals surface area contributed by atoms with Gasteiger partial charge in [-0.25, -0.2) is 8.42 Å². The van der Waals surface area contributed by atoms with Crippen molar-refractivity contribution in [3.8, 4) is 0 Å². The van der Waals surface area contributed by atoms with Gasteiger partial charge in [0, 0.05) is 0 Å². The van der Waals surface area contributed by atoms with Crippen LogP contribution in [0.25, 0.3) is 0 Å². The minimum absolute atomic E-state index is 0.0508. The molecule has 0 aromatic carbocycles. The minimum Gasteiger partial charge on any atom is -0.480 e. The van der Waals surface area contributed by atoms with Crippen LogP contribution in [0.3, 0.4) is 0 Å². The highest BCUT2D eigenvalue weighted by molar-refractivity contribution is 9.11. The van der Waals surface area contributed by atoms with Crippen molar-refractivity contribution in [2.45, 2.75) is 16.7 Å². The zero-order valence-corrected chi connectivity index (χ0v) is 12.0. The van der Waals surface area contributed by atoms with Crippen molar-refractivity contribution in [2.24, 2.45) is 5.73 Å². The van der Waals surface area contributed by atoms with Gasteiger partial charge in [-0.1, -0.05) is 0 Å². The summed E-state index contributed by atoms with van der Waals surface area (Å²) >= 11 is 4.02. The number of nitrogens with two attached hydrogens (primary N) is 1. The quantitative estimate of drug-likeness (QED) is 0.666. The topological polar surface area (TPSA) is 127 Å². The number of rotatable bonds is 6. The Bertz CT molecular complexity index is 568. The molecule has 0 saturated carbocycles. The van der Waals surface area contributed by atoms with Crippen molar-refractivity contribution in [1.29, 1.82) is 0 Å². The van der Waals surface area contributed by atoms with Gasteiger partial charge in [0.15, 0.2) is 0 Å². The molecule has 0 spiro atoms. The number of sulfonamides is 1. The Labute approximate surface area is 115 Å². The van der Waals surface area contributed by atoms with Crippen molar-refractivity contribution in [1.82, 2.24) is 4.72 Å². The lowest BCUT2D eigenvalue weighted by Crippen LogP contribution is -2.43. The number of carbonyl (C=O) groups is 2. The molecule has 1 heterocycles. The molecule has 7 nitrogen and oxygen atoms in total. The Morgan fingerprint density at radius 2 is 2.11 bits per heavy atom. The lowest BCUT2D eigenvalue weighted by molar-refractivity contribution is -0.140. The zero-order valence-electron chi connectivity index (χ0n) is 8.79. The number of hydrogen-bond donors (Lipinski definition) is 3. The maximum atomic E-state index is 11.8. The standard InChI is InChI=1S/C8H9BrN2O5S2/c9-5-1-2-7(17-5)18(15,16)11-4(8(13)14)3-6(10)12/h1-2,4,11H,3H2,(H2,10,12)(H,13,14)/t4-/m0/s1. The summed E-state index contributed by atoms with van der Waals surface area (Å²) in [5.74, 6) is -2.37. The molecule has 0 fully saturated rings. The third-order valence-corrected chi connectivity index (χ3v) is 5.40. The van der Waals surface area contributed by atoms with Gasteiger partial charge < -0.3 is 10.8 Å². The molecular formula is C8H9BrN2O5S2. The summed E-state index contributed by atoms with van der Waals surface area (Å²) in [7, 11) is -3.98. The van der Waals surface area contributed by atoms with Crippen LogP contribution in [0.1, 0.15) is 6.42 Å². The van der Waals surface area contributed by atoms with E-state index in [-0.39, 0.29) is 4.21 Å². The zero-order chi connectivity index (χ0) is 13.9. The maximum absolute atomic E-state index is 11.8. The number of carbonyl (C=O) groups excluding carboxylic acids is 1. The van der Waals surface area contributed by atoms with Gasteiger partial charge in [0.25, 0.3) is 10.0 Å². The number of carboxylic acids is 1. The second-order valence-corrected chi connectivity index (χ2v) is 7.64. The SMILES string of the molecule is NC(=O)C[C@H](NS(=O)(=O)c1ccc(Br)s1)C(=O)O. The van der Waals surface area contributed by atoms with E-state index in [1.54, 1.807) is 0 Å². The van der Waals surface area contributed by atoms with Crippen molar-refractivity contribution in [3.05, 3.63) is 15.9 Å². The van der Waals surface area contributed by atoms with Crippen LogP contribution >= 0.6 is 27.3 Å². The molecule has 1 aromatic heterocycles. The fourth-order valence-corrected chi connectivity index (χ4v) is 4.28. The van der Waals surface area contributed by atoms with Crippen LogP contribution < -0.4 is 10.5 Å². The predicted octanol–water partition coefficient (Wildman–Crippen LogP) is 0.117. The van der Waals surface area contributed by atoms with Crippen LogP contribution in [0.15, 0.2) is 20.1 Å². The number of aliphatic carboxylic acids is 1. The summed E-state index contributed by atoms with van der Waals surface area (Å²) in [6.07, 6.45) is -0.610. The van der Waals surface area contributed by atoms with Crippen molar-refractivity contribution in [2.75, 3.05) is 0 Å². The lowest BCUT2D eigenvalue weighted by atomic mass is 10.2. The van der Waals surface area contributed by atoms with Crippen molar-refractivity contribution >= 4 is 49.2 Å². The molecule has 0 aliphatic carbocycles. The minimum atomic E-state index is -3.98. The number of nitrogens with one attached hydrogen (secondary N) is 1. The third-order valence-electron chi connectivity index (χ3n) is 1.81. The van der Waals surface area contributed by atoms with Crippen molar-refractivity contribution in [3.63, 3.8) is 0 Å². The van der Waals surface area contributed by atoms with E-state index in [1.165, 1.54) is 12.1 Å². The Kier molecular flexibility index (Phi) is 4.85. The highest BCUT2D eigenvalue weighted by atomic mass is 79.9. The molecule has 0 radical (unpaired) electrons. The maximum Gasteiger partial charge on any atom is 0.322 e. The van der Waals surface area contributed by atoms with E-state index in [9.17, 15) is 18.0 Å². The molecule has 1 amide bonds. The van der Waals surface area contributed by atoms with Crippen LogP contribution in [0.4, 0.5) is 0 Å². The van der Waals surface area contributed by atoms with Gasteiger partial charge in [0.05, 0.1) is 10.2 Å². The number of carboxylic acid groups (broad SMARTS) is 1. The molecule has 0 saturated heterocycles. The van der Waals surface area contributed by atoms with Gasteiger partial charge in [-0.2, -0.15) is 4.72 Å². The molecule has 4 N–H and O–H groups in total. The highest BCUT2D eigenvalue weighted by Gasteiger charge is 2.27. The van der Waals surface area contributed by atoms with E-state index in [0.717, 1.165) is 11.3 Å². The molecule has 1 atom stereocenters. The first-order valence-electron chi connectivity index (χ1n) is 4.51. The predicted molar refractivity (Wildman–Crippen MR) is 67.6 cm³/mol. The first kappa shape index (κ1) is 15.1. The monoisotopic (exact) mass is 356 g/mol. The summed E-state index contributed by atoms with van der Waals surface area (Å²) in [6, 6.07) is 1.26. The Morgan fingerprint density at radius 3 is 2.50 bits per heavy atom. The fourth-order valence-electron chi connectivity index (χ4n) is 1.07. The number of thiophene rings is 1. The van der Waals surface area contributed by atoms with Gasteiger partial charge in [0.2, 0.25) is 5.91 Å². The Hall–Kier alpha value is -0.970. The number of primary amides is 1. The van der Waals surface area contributed by atoms with E-state index in [4.69, 9.17) is 10.8 Å². The second kappa shape index (κ2) is 5.78. The first-order valence-corrected chi connectivity index (χ1v) is 7.60. The fraction of sp³-hybridized carbons (Fsp3) is 0.250. The van der Waals surface area contributed by atoms with Gasteiger partial charge >= 0.3 is 5.97 Å². The van der Waals surface area contributed by atoms with Crippen LogP contribution in [-0.2, 0) is 19.6 Å². The van der Waals surface area contributed by atoms with E-state index in [0.29, 0.717) is 3.79 Å². The normalized spacial score (nSPS) is 13.2. The van der Waals surface area contributed by atoms with E-state index in [1.807, 2.05) is 4.72 Å². The van der Waals surface area contributed by atoms with Gasteiger partial charge in [-0.15, -0.1) is 11.3 Å². The molecule has 0 aliphatic rings. The van der Waals surface area contributed by atoms with Crippen molar-refractivity contribution < 1.29 is 23.1 Å². The smallest absolute Gasteiger partial charge is 0.322 e. The highest BCUT2D eigenvalue weighted by Crippen LogP contribution is 2.26. The van der Waals surface area contributed by atoms with Crippen LogP contribution in [-0.4, -0.2) is 31.4 Å². The molecule has 0 aliphatic heterocycles. The summed E-state index contributed by atoms with van der Waals surface area (Å²) in [4.78, 5) is 21.5. The van der Waals surface area contributed by atoms with E-state index >= 15 is 0 Å². The molecule has 1 rings (SSSR count). The molecule has 10 heteroatoms. The third kappa shape index (κ3) is 4.05. The summed E-state index contributed by atoms with van der Waals surface area (Å²) in [5.41, 5.74) is 4.85. The van der Waals surface area contributed by atoms with E-state index < -0.39 is 34.4 Å². The van der Waals surface area contributed by atoms with Gasteiger partial charge in [-0.05, 0) is 28.1 Å². The van der Waals surface area contributed by atoms with Crippen LogP contribution in [0.5, 0.6) is 0 Å². The molecule has 18 heavy (non-hydrogen) atoms. The van der Waals surface area contributed by atoms with Gasteiger partial charge in [-0.3, -0.25) is 9.59 Å². The average molecular weight is 357 g/mol. The molecule has 1 aromatic rings. The van der Waals surface area contributed by atoms with Gasteiger partial charge in [0.1, 0.15) is 10.3 Å². The van der Waals surface area contributed by atoms with E-state index in [2.05, 4.69) is 15.9 Å². The molecule has 0 unspecified atom stereocenters. The number of hydrogen-bond acceptors (Lipinski definition) is 5. The number of amides is 1. The first-order chi connectivity index (χ1) is 8.22. The summed E-state index contributed by atoms with van der Waals surface area (Å²) < 4.78 is 26.1. The second-order valence-electron chi connectivity index (χ2n) is 3.24. The Morgan fingerprint density at radius 1 is 1.50 bits per heavy atom. The molecular weight excluding hydrogens is 348 g/mol. The van der Waals surface area contributed by atoms with Crippen LogP contribution in [0, 0.1) is 0 Å². The lowest BCUT2D eigenvalue weighted by Gasteiger charge is -2.11. The van der Waals surface area contributed by atoms with Crippen LogP contribution in [0.2, 0.25) is 0 Å². The Balaban J connectivity index is 2.93. The average Bonchev–Trinajstić information content (AvgIpc) is 2.63. The summed E-state index contributed by atoms with van der Waals surface area (Å²) in [5, 5.41) is 8.80. The molecule has 100 valence electrons. The molecule has 0 bridgehead atoms. The summed E-state index contributed by atoms with van der Waals surface area (Å²) in [6.45, 7) is 0. The number of halogens is 1.